The SMILES string of the molecule is CC(=O)N1CCN(C(=O)c2cc(=O)[nH]c(=O)[nH]2)CC1. The van der Waals surface area contributed by atoms with Crippen molar-refractivity contribution < 1.29 is 9.59 Å². The molecule has 0 aliphatic carbocycles. The van der Waals surface area contributed by atoms with Crippen LogP contribution in [0.15, 0.2) is 15.7 Å². The van der Waals surface area contributed by atoms with Crippen molar-refractivity contribution in [2.75, 3.05) is 26.2 Å². The van der Waals surface area contributed by atoms with E-state index in [4.69, 9.17) is 0 Å². The molecule has 0 unspecified atom stereocenters. The second-order valence-corrected chi connectivity index (χ2v) is 4.30. The van der Waals surface area contributed by atoms with Gasteiger partial charge < -0.3 is 14.8 Å². The Balaban J connectivity index is 2.11. The van der Waals surface area contributed by atoms with E-state index in [0.717, 1.165) is 6.07 Å². The zero-order valence-electron chi connectivity index (χ0n) is 10.4. The number of aromatic amines is 2. The van der Waals surface area contributed by atoms with Gasteiger partial charge in [0.25, 0.3) is 11.5 Å². The number of rotatable bonds is 1. The van der Waals surface area contributed by atoms with E-state index in [-0.39, 0.29) is 11.6 Å². The molecule has 19 heavy (non-hydrogen) atoms. The Morgan fingerprint density at radius 2 is 1.63 bits per heavy atom. The molecule has 0 bridgehead atoms. The number of amides is 2. The summed E-state index contributed by atoms with van der Waals surface area (Å²) in [5.74, 6) is -0.442. The maximum Gasteiger partial charge on any atom is 0.326 e. The maximum absolute atomic E-state index is 12.1. The summed E-state index contributed by atoms with van der Waals surface area (Å²) in [6.45, 7) is 3.15. The lowest BCUT2D eigenvalue weighted by molar-refractivity contribution is -0.130. The number of piperazine rings is 1. The van der Waals surface area contributed by atoms with Crippen LogP contribution in [0.2, 0.25) is 0 Å². The molecule has 0 saturated carbocycles. The van der Waals surface area contributed by atoms with Gasteiger partial charge in [-0.25, -0.2) is 4.79 Å². The third kappa shape index (κ3) is 2.90. The van der Waals surface area contributed by atoms with Gasteiger partial charge in [-0.1, -0.05) is 0 Å². The van der Waals surface area contributed by atoms with Gasteiger partial charge in [0, 0.05) is 39.2 Å². The molecule has 0 atom stereocenters. The average molecular weight is 266 g/mol. The van der Waals surface area contributed by atoms with Crippen molar-refractivity contribution in [3.63, 3.8) is 0 Å². The van der Waals surface area contributed by atoms with Crippen molar-refractivity contribution in [2.45, 2.75) is 6.92 Å². The van der Waals surface area contributed by atoms with Crippen LogP contribution in [0.5, 0.6) is 0 Å². The highest BCUT2D eigenvalue weighted by Gasteiger charge is 2.23. The molecule has 2 heterocycles. The predicted octanol–water partition coefficient (Wildman–Crippen LogP) is -1.63. The topological polar surface area (TPSA) is 106 Å². The van der Waals surface area contributed by atoms with Gasteiger partial charge in [0.1, 0.15) is 5.69 Å². The summed E-state index contributed by atoms with van der Waals surface area (Å²) < 4.78 is 0. The molecule has 0 radical (unpaired) electrons. The minimum Gasteiger partial charge on any atom is -0.339 e. The number of carbonyl (C=O) groups is 2. The second kappa shape index (κ2) is 5.09. The van der Waals surface area contributed by atoms with E-state index in [1.165, 1.54) is 11.8 Å². The molecule has 102 valence electrons. The molecule has 0 aromatic carbocycles. The quantitative estimate of drug-likeness (QED) is 0.636. The molecule has 2 rings (SSSR count). The molecule has 8 nitrogen and oxygen atoms in total. The monoisotopic (exact) mass is 266 g/mol. The summed E-state index contributed by atoms with van der Waals surface area (Å²) in [6.07, 6.45) is 0. The molecule has 0 spiro atoms. The zero-order valence-corrected chi connectivity index (χ0v) is 10.4. The highest BCUT2D eigenvalue weighted by Crippen LogP contribution is 2.05. The van der Waals surface area contributed by atoms with Gasteiger partial charge >= 0.3 is 5.69 Å². The van der Waals surface area contributed by atoms with Crippen LogP contribution in [-0.2, 0) is 4.79 Å². The van der Waals surface area contributed by atoms with E-state index in [9.17, 15) is 19.2 Å². The lowest BCUT2D eigenvalue weighted by Gasteiger charge is -2.34. The number of aromatic nitrogens is 2. The summed E-state index contributed by atoms with van der Waals surface area (Å²) in [5, 5.41) is 0. The first kappa shape index (κ1) is 13.1. The summed E-state index contributed by atoms with van der Waals surface area (Å²) in [6, 6.07) is 1.06. The molecule has 1 aromatic heterocycles. The van der Waals surface area contributed by atoms with Crippen LogP contribution in [0.1, 0.15) is 17.4 Å². The molecule has 1 aliphatic heterocycles. The fraction of sp³-hybridized carbons (Fsp3) is 0.455. The molecule has 1 fully saturated rings. The van der Waals surface area contributed by atoms with Crippen molar-refractivity contribution in [3.05, 3.63) is 32.6 Å². The average Bonchev–Trinajstić information content (AvgIpc) is 2.37. The van der Waals surface area contributed by atoms with Crippen LogP contribution in [0.25, 0.3) is 0 Å². The lowest BCUT2D eigenvalue weighted by atomic mass is 10.2. The fourth-order valence-corrected chi connectivity index (χ4v) is 1.98. The third-order valence-corrected chi connectivity index (χ3v) is 3.00. The summed E-state index contributed by atoms with van der Waals surface area (Å²) >= 11 is 0. The van der Waals surface area contributed by atoms with Gasteiger partial charge in [0.05, 0.1) is 0 Å². The fourth-order valence-electron chi connectivity index (χ4n) is 1.98. The minimum absolute atomic E-state index is 0.0309. The number of H-pyrrole nitrogens is 2. The summed E-state index contributed by atoms with van der Waals surface area (Å²) in [7, 11) is 0. The minimum atomic E-state index is -0.710. The Bertz CT molecular complexity index is 581. The van der Waals surface area contributed by atoms with E-state index in [0.29, 0.717) is 26.2 Å². The van der Waals surface area contributed by atoms with Gasteiger partial charge in [-0.3, -0.25) is 19.4 Å². The van der Waals surface area contributed by atoms with E-state index >= 15 is 0 Å². The number of hydrogen-bond donors (Lipinski definition) is 2. The smallest absolute Gasteiger partial charge is 0.326 e. The predicted molar refractivity (Wildman–Crippen MR) is 65.8 cm³/mol. The number of nitrogens with one attached hydrogen (secondary N) is 2. The first-order valence-electron chi connectivity index (χ1n) is 5.86. The van der Waals surface area contributed by atoms with Gasteiger partial charge in [-0.2, -0.15) is 0 Å². The molecule has 1 aromatic rings. The molecule has 1 aliphatic rings. The van der Waals surface area contributed by atoms with E-state index in [1.807, 2.05) is 4.98 Å². The zero-order chi connectivity index (χ0) is 14.0. The number of carbonyl (C=O) groups excluding carboxylic acids is 2. The summed E-state index contributed by atoms with van der Waals surface area (Å²) in [4.78, 5) is 52.9. The van der Waals surface area contributed by atoms with Gasteiger partial charge in [0.2, 0.25) is 5.91 Å². The van der Waals surface area contributed by atoms with Gasteiger partial charge in [0.15, 0.2) is 0 Å². The first-order valence-corrected chi connectivity index (χ1v) is 5.86. The third-order valence-electron chi connectivity index (χ3n) is 3.00. The highest BCUT2D eigenvalue weighted by atomic mass is 16.2. The Labute approximate surface area is 108 Å². The Morgan fingerprint density at radius 3 is 2.16 bits per heavy atom. The molecule has 2 N–H and O–H groups in total. The van der Waals surface area contributed by atoms with Crippen LogP contribution in [-0.4, -0.2) is 57.8 Å². The summed E-state index contributed by atoms with van der Waals surface area (Å²) in [5.41, 5.74) is -1.36. The molecule has 8 heteroatoms. The Morgan fingerprint density at radius 1 is 1.05 bits per heavy atom. The molecular weight excluding hydrogens is 252 g/mol. The normalized spacial score (nSPS) is 15.4. The van der Waals surface area contributed by atoms with Gasteiger partial charge in [-0.05, 0) is 0 Å². The van der Waals surface area contributed by atoms with Crippen molar-refractivity contribution in [3.8, 4) is 0 Å². The number of hydrogen-bond acceptors (Lipinski definition) is 4. The second-order valence-electron chi connectivity index (χ2n) is 4.30. The Hall–Kier alpha value is -2.38. The highest BCUT2D eigenvalue weighted by molar-refractivity contribution is 5.92. The van der Waals surface area contributed by atoms with E-state index in [2.05, 4.69) is 4.98 Å². The van der Waals surface area contributed by atoms with Crippen molar-refractivity contribution in [1.29, 1.82) is 0 Å². The van der Waals surface area contributed by atoms with Crippen LogP contribution >= 0.6 is 0 Å². The molecule has 2 amide bonds. The van der Waals surface area contributed by atoms with Gasteiger partial charge in [-0.15, -0.1) is 0 Å². The molecule has 1 saturated heterocycles. The van der Waals surface area contributed by atoms with E-state index in [1.54, 1.807) is 4.90 Å². The van der Waals surface area contributed by atoms with Crippen LogP contribution in [0.3, 0.4) is 0 Å². The van der Waals surface area contributed by atoms with Crippen LogP contribution < -0.4 is 11.2 Å². The van der Waals surface area contributed by atoms with Crippen molar-refractivity contribution in [2.24, 2.45) is 0 Å². The lowest BCUT2D eigenvalue weighted by Crippen LogP contribution is -2.50. The standard InChI is InChI=1S/C11H14N4O4/c1-7(16)14-2-4-15(5-3-14)10(18)8-6-9(17)13-11(19)12-8/h6H,2-5H2,1H3,(H2,12,13,17,19). The largest absolute Gasteiger partial charge is 0.339 e. The molecular formula is C11H14N4O4. The Kier molecular flexibility index (Phi) is 3.50. The van der Waals surface area contributed by atoms with Crippen LogP contribution in [0, 0.1) is 0 Å². The van der Waals surface area contributed by atoms with Crippen molar-refractivity contribution >= 4 is 11.8 Å². The van der Waals surface area contributed by atoms with Crippen LogP contribution in [0.4, 0.5) is 0 Å². The maximum atomic E-state index is 12.1. The van der Waals surface area contributed by atoms with E-state index < -0.39 is 17.2 Å². The number of nitrogens with zero attached hydrogens (tertiary/aromatic N) is 2. The van der Waals surface area contributed by atoms with Crippen molar-refractivity contribution in [1.82, 2.24) is 19.8 Å². The first-order chi connectivity index (χ1) is 8.97.